The first-order valence-corrected chi connectivity index (χ1v) is 19.1. The Kier molecular flexibility index (Phi) is 7.86. The zero-order valence-electron chi connectivity index (χ0n) is 30.1. The topological polar surface area (TPSA) is 143 Å². The Hall–Kier alpha value is -5.82. The maximum atomic E-state index is 12.8. The van der Waals surface area contributed by atoms with Crippen LogP contribution < -0.4 is 25.3 Å². The molecular weight excluding hydrogens is 681 g/mol. The van der Waals surface area contributed by atoms with Crippen LogP contribution in [0.2, 0.25) is 0 Å². The lowest BCUT2D eigenvalue weighted by Gasteiger charge is -2.49. The lowest BCUT2D eigenvalue weighted by molar-refractivity contribution is -0.120. The van der Waals surface area contributed by atoms with E-state index in [9.17, 15) is 14.4 Å². The van der Waals surface area contributed by atoms with Crippen molar-refractivity contribution in [1.82, 2.24) is 35.5 Å². The highest BCUT2D eigenvalue weighted by Gasteiger charge is 2.43. The number of carbonyl (C=O) groups excluding carboxylic acids is 3. The van der Waals surface area contributed by atoms with Crippen molar-refractivity contribution in [3.05, 3.63) is 84.4 Å². The third kappa shape index (κ3) is 5.56. The molecule has 4 amide bonds. The number of imide groups is 1. The van der Waals surface area contributed by atoms with E-state index >= 15 is 0 Å². The van der Waals surface area contributed by atoms with Crippen molar-refractivity contribution in [3.8, 4) is 22.8 Å². The molecule has 0 atom stereocenters. The third-order valence-electron chi connectivity index (χ3n) is 12.3. The number of hydrogen-bond donors (Lipinski definition) is 3. The highest BCUT2D eigenvalue weighted by Crippen LogP contribution is 2.44. The Morgan fingerprint density at radius 1 is 0.815 bits per heavy atom. The van der Waals surface area contributed by atoms with Gasteiger partial charge in [-0.1, -0.05) is 25.0 Å². The Balaban J connectivity index is 0.775. The maximum absolute atomic E-state index is 12.8. The minimum Gasteiger partial charge on any atom is -0.369 e. The van der Waals surface area contributed by atoms with Crippen LogP contribution in [0.25, 0.3) is 33.5 Å². The van der Waals surface area contributed by atoms with Crippen LogP contribution in [0.15, 0.2) is 73.2 Å². The summed E-state index contributed by atoms with van der Waals surface area (Å²) in [4.78, 5) is 63.8. The van der Waals surface area contributed by atoms with Crippen LogP contribution in [0.5, 0.6) is 0 Å². The van der Waals surface area contributed by atoms with E-state index in [2.05, 4.69) is 70.6 Å². The van der Waals surface area contributed by atoms with Gasteiger partial charge >= 0.3 is 6.03 Å². The van der Waals surface area contributed by atoms with Gasteiger partial charge in [0, 0.05) is 116 Å². The molecule has 2 aromatic carbocycles. The number of fused-ring (bicyclic) bond motifs is 3. The number of amides is 4. The molecule has 0 radical (unpaired) electrons. The standard InChI is InChI=1S/C41H42N10O3/c52-36-11-15-51(40(54)47-36)35-22-42-21-31-29(35)4-3-5-34(31)50-23-28(24-50)49-18-16-48(17-19-49)27-8-6-26(7-9-27)38-43-14-10-32(46-38)33-20-30-37(45-33)41(12-1-2-13-41)25-44-39(30)53/h3-10,14,20-22,28,45H,1-2,11-13,15-19,23-25H2,(H,44,53)(H,47,52,54). The van der Waals surface area contributed by atoms with Gasteiger partial charge in [-0.3, -0.25) is 29.7 Å². The van der Waals surface area contributed by atoms with Crippen LogP contribution in [-0.4, -0.2) is 101 Å². The van der Waals surface area contributed by atoms with Gasteiger partial charge < -0.3 is 20.1 Å². The molecule has 5 aromatic rings. The summed E-state index contributed by atoms with van der Waals surface area (Å²) in [7, 11) is 0. The fourth-order valence-electron chi connectivity index (χ4n) is 9.25. The number of carbonyl (C=O) groups is 3. The van der Waals surface area contributed by atoms with Crippen LogP contribution in [0.1, 0.15) is 48.2 Å². The van der Waals surface area contributed by atoms with Crippen LogP contribution in [0, 0.1) is 0 Å². The molecule has 13 nitrogen and oxygen atoms in total. The summed E-state index contributed by atoms with van der Waals surface area (Å²) < 4.78 is 0. The van der Waals surface area contributed by atoms with Gasteiger partial charge in [0.2, 0.25) is 5.91 Å². The SMILES string of the molecule is O=C1CCN(c2cncc3c(N4CC(N5CCN(c6ccc(-c7nccc(-c8cc9c([nH]8)C8(CCCC8)CNC9=O)n7)cc6)CC5)C4)cccc23)C(=O)N1. The molecule has 10 rings (SSSR count). The molecular formula is C41H42N10O3. The molecule has 274 valence electrons. The average Bonchev–Trinajstić information content (AvgIpc) is 3.86. The number of piperazine rings is 1. The first kappa shape index (κ1) is 32.8. The summed E-state index contributed by atoms with van der Waals surface area (Å²) in [5, 5.41) is 7.52. The Labute approximate surface area is 312 Å². The number of pyridine rings is 1. The van der Waals surface area contributed by atoms with E-state index in [0.29, 0.717) is 25.0 Å². The largest absolute Gasteiger partial charge is 0.369 e. The molecule has 1 spiro atoms. The van der Waals surface area contributed by atoms with Crippen LogP contribution in [-0.2, 0) is 10.2 Å². The van der Waals surface area contributed by atoms with E-state index < -0.39 is 6.03 Å². The summed E-state index contributed by atoms with van der Waals surface area (Å²) in [5.41, 5.74) is 7.49. The number of urea groups is 1. The smallest absolute Gasteiger partial charge is 0.328 e. The Morgan fingerprint density at radius 3 is 2.43 bits per heavy atom. The molecule has 4 fully saturated rings. The quantitative estimate of drug-likeness (QED) is 0.227. The number of aromatic amines is 1. The molecule has 3 aromatic heterocycles. The van der Waals surface area contributed by atoms with Gasteiger partial charge in [-0.05, 0) is 55.3 Å². The molecule has 5 aliphatic rings. The zero-order valence-corrected chi connectivity index (χ0v) is 30.1. The zero-order chi connectivity index (χ0) is 36.4. The lowest BCUT2D eigenvalue weighted by atomic mass is 9.78. The number of H-pyrrole nitrogens is 1. The summed E-state index contributed by atoms with van der Waals surface area (Å²) in [6, 6.07) is 18.7. The highest BCUT2D eigenvalue weighted by molar-refractivity contribution is 6.11. The second kappa shape index (κ2) is 12.9. The van der Waals surface area contributed by atoms with Gasteiger partial charge in [-0.25, -0.2) is 14.8 Å². The number of anilines is 3. The molecule has 13 heteroatoms. The van der Waals surface area contributed by atoms with Crippen molar-refractivity contribution >= 4 is 45.7 Å². The number of nitrogens with one attached hydrogen (secondary N) is 3. The van der Waals surface area contributed by atoms with Crippen molar-refractivity contribution < 1.29 is 14.4 Å². The van der Waals surface area contributed by atoms with Gasteiger partial charge in [0.1, 0.15) is 0 Å². The second-order valence-corrected chi connectivity index (χ2v) is 15.3. The highest BCUT2D eigenvalue weighted by atomic mass is 16.2. The van der Waals surface area contributed by atoms with Crippen molar-refractivity contribution in [2.24, 2.45) is 0 Å². The fourth-order valence-corrected chi connectivity index (χ4v) is 9.25. The molecule has 1 aliphatic carbocycles. The predicted molar refractivity (Wildman–Crippen MR) is 207 cm³/mol. The first-order chi connectivity index (χ1) is 26.4. The number of benzene rings is 2. The number of hydrogen-bond acceptors (Lipinski definition) is 9. The fraction of sp³-hybridized carbons (Fsp3) is 0.366. The lowest BCUT2D eigenvalue weighted by Crippen LogP contribution is -2.63. The van der Waals surface area contributed by atoms with Gasteiger partial charge in [-0.15, -0.1) is 0 Å². The molecule has 4 aliphatic heterocycles. The van der Waals surface area contributed by atoms with Crippen LogP contribution in [0.3, 0.4) is 0 Å². The molecule has 3 saturated heterocycles. The minimum atomic E-state index is -0.398. The second-order valence-electron chi connectivity index (χ2n) is 15.3. The average molecular weight is 723 g/mol. The monoisotopic (exact) mass is 722 g/mol. The summed E-state index contributed by atoms with van der Waals surface area (Å²) in [6.07, 6.45) is 10.2. The summed E-state index contributed by atoms with van der Waals surface area (Å²) in [5.74, 6) is 0.411. The van der Waals surface area contributed by atoms with Crippen molar-refractivity contribution in [2.75, 3.05) is 67.1 Å². The van der Waals surface area contributed by atoms with Gasteiger partial charge in [-0.2, -0.15) is 0 Å². The van der Waals surface area contributed by atoms with Gasteiger partial charge in [0.25, 0.3) is 5.91 Å². The molecule has 0 bridgehead atoms. The van der Waals surface area contributed by atoms with E-state index in [1.165, 1.54) is 18.5 Å². The van der Waals surface area contributed by atoms with E-state index in [-0.39, 0.29) is 23.7 Å². The minimum absolute atomic E-state index is 0.00817. The van der Waals surface area contributed by atoms with Crippen LogP contribution in [0.4, 0.5) is 21.9 Å². The Morgan fingerprint density at radius 2 is 1.63 bits per heavy atom. The molecule has 54 heavy (non-hydrogen) atoms. The molecule has 1 saturated carbocycles. The molecule has 0 unspecified atom stereocenters. The molecule has 3 N–H and O–H groups in total. The van der Waals surface area contributed by atoms with E-state index in [1.807, 2.05) is 30.5 Å². The Bertz CT molecular complexity index is 2280. The van der Waals surface area contributed by atoms with Gasteiger partial charge in [0.15, 0.2) is 5.82 Å². The van der Waals surface area contributed by atoms with Gasteiger partial charge in [0.05, 0.1) is 28.8 Å². The van der Waals surface area contributed by atoms with E-state index in [1.54, 1.807) is 17.3 Å². The van der Waals surface area contributed by atoms with E-state index in [4.69, 9.17) is 4.98 Å². The summed E-state index contributed by atoms with van der Waals surface area (Å²) >= 11 is 0. The van der Waals surface area contributed by atoms with Crippen molar-refractivity contribution in [1.29, 1.82) is 0 Å². The summed E-state index contributed by atoms with van der Waals surface area (Å²) in [6.45, 7) is 6.83. The maximum Gasteiger partial charge on any atom is 0.328 e. The number of aromatic nitrogens is 4. The third-order valence-corrected chi connectivity index (χ3v) is 12.3. The first-order valence-electron chi connectivity index (χ1n) is 19.1. The molecule has 7 heterocycles. The normalized spacial score (nSPS) is 20.3. The van der Waals surface area contributed by atoms with Crippen molar-refractivity contribution in [3.63, 3.8) is 0 Å². The van der Waals surface area contributed by atoms with Crippen molar-refractivity contribution in [2.45, 2.75) is 43.6 Å². The van der Waals surface area contributed by atoms with E-state index in [0.717, 1.165) is 102 Å². The number of rotatable bonds is 6. The number of nitrogens with zero attached hydrogens (tertiary/aromatic N) is 7. The predicted octanol–water partition coefficient (Wildman–Crippen LogP) is 4.70. The van der Waals surface area contributed by atoms with Crippen LogP contribution >= 0.6 is 0 Å².